The second kappa shape index (κ2) is 8.83. The fourth-order valence-electron chi connectivity index (χ4n) is 3.69. The smallest absolute Gasteiger partial charge is 0.229 e. The number of nitrogens with zero attached hydrogens (tertiary/aromatic N) is 2. The average molecular weight is 424 g/mol. The van der Waals surface area contributed by atoms with Crippen LogP contribution in [0.25, 0.3) is 10.2 Å². The van der Waals surface area contributed by atoms with Crippen molar-refractivity contribution in [1.82, 2.24) is 10.3 Å². The number of aryl methyl sites for hydroxylation is 1. The molecule has 1 aliphatic heterocycles. The number of hydrogen-bond acceptors (Lipinski definition) is 5. The van der Waals surface area contributed by atoms with Gasteiger partial charge in [0.1, 0.15) is 5.75 Å². The van der Waals surface area contributed by atoms with E-state index in [1.165, 1.54) is 22.5 Å². The van der Waals surface area contributed by atoms with E-state index in [1.807, 2.05) is 37.3 Å². The van der Waals surface area contributed by atoms with Crippen molar-refractivity contribution in [3.63, 3.8) is 0 Å². The predicted octanol–water partition coefficient (Wildman–Crippen LogP) is 3.72. The molecule has 2 amide bonds. The van der Waals surface area contributed by atoms with Gasteiger partial charge in [-0.15, -0.1) is 0 Å². The van der Waals surface area contributed by atoms with Crippen LogP contribution in [0.4, 0.5) is 5.13 Å². The Hall–Kier alpha value is -2.93. The number of carbonyl (C=O) groups excluding carboxylic acids is 2. The Balaban J connectivity index is 1.38. The van der Waals surface area contributed by atoms with Crippen LogP contribution in [0.5, 0.6) is 5.75 Å². The maximum absolute atomic E-state index is 12.6. The number of ether oxygens (including phenoxy) is 1. The first-order chi connectivity index (χ1) is 14.5. The van der Waals surface area contributed by atoms with Gasteiger partial charge in [-0.05, 0) is 49.6 Å². The number of rotatable bonds is 7. The second-order valence-electron chi connectivity index (χ2n) is 7.43. The Labute approximate surface area is 179 Å². The molecule has 0 spiro atoms. The van der Waals surface area contributed by atoms with Crippen molar-refractivity contribution in [3.8, 4) is 5.75 Å². The van der Waals surface area contributed by atoms with Crippen LogP contribution >= 0.6 is 11.3 Å². The van der Waals surface area contributed by atoms with E-state index in [-0.39, 0.29) is 24.2 Å². The summed E-state index contributed by atoms with van der Waals surface area (Å²) in [6, 6.07) is 13.9. The van der Waals surface area contributed by atoms with Gasteiger partial charge < -0.3 is 10.1 Å². The van der Waals surface area contributed by atoms with E-state index in [2.05, 4.69) is 29.4 Å². The molecule has 1 saturated heterocycles. The Morgan fingerprint density at radius 3 is 2.93 bits per heavy atom. The fourth-order valence-corrected chi connectivity index (χ4v) is 4.71. The quantitative estimate of drug-likeness (QED) is 0.629. The van der Waals surface area contributed by atoms with Gasteiger partial charge in [0.15, 0.2) is 5.13 Å². The van der Waals surface area contributed by atoms with Gasteiger partial charge in [-0.2, -0.15) is 0 Å². The van der Waals surface area contributed by atoms with Crippen molar-refractivity contribution < 1.29 is 14.3 Å². The maximum atomic E-state index is 12.6. The summed E-state index contributed by atoms with van der Waals surface area (Å²) in [6.45, 7) is 5.54. The third kappa shape index (κ3) is 4.31. The molecule has 4 rings (SSSR count). The topological polar surface area (TPSA) is 71.5 Å². The summed E-state index contributed by atoms with van der Waals surface area (Å²) in [4.78, 5) is 31.4. The van der Waals surface area contributed by atoms with Crippen LogP contribution < -0.4 is 15.0 Å². The minimum atomic E-state index is -0.347. The molecule has 1 aliphatic rings. The van der Waals surface area contributed by atoms with E-state index in [4.69, 9.17) is 4.74 Å². The summed E-state index contributed by atoms with van der Waals surface area (Å²) >= 11 is 1.45. The molecule has 1 unspecified atom stereocenters. The highest BCUT2D eigenvalue weighted by Crippen LogP contribution is 2.34. The lowest BCUT2D eigenvalue weighted by molar-refractivity contribution is -0.126. The molecule has 2 aromatic carbocycles. The summed E-state index contributed by atoms with van der Waals surface area (Å²) in [5.41, 5.74) is 3.28. The number of hydrogen-bond donors (Lipinski definition) is 1. The molecule has 1 aromatic heterocycles. The number of nitrogens with one attached hydrogen (secondary N) is 1. The highest BCUT2D eigenvalue weighted by molar-refractivity contribution is 7.22. The minimum absolute atomic E-state index is 0.0573. The number of benzene rings is 2. The number of aromatic nitrogens is 1. The monoisotopic (exact) mass is 423 g/mol. The zero-order valence-electron chi connectivity index (χ0n) is 17.2. The van der Waals surface area contributed by atoms with Crippen molar-refractivity contribution in [2.45, 2.75) is 26.7 Å². The number of anilines is 1. The van der Waals surface area contributed by atoms with Crippen LogP contribution in [0.2, 0.25) is 0 Å². The van der Waals surface area contributed by atoms with E-state index in [0.717, 1.165) is 22.4 Å². The molecule has 1 atom stereocenters. The van der Waals surface area contributed by atoms with Crippen molar-refractivity contribution >= 4 is 38.5 Å². The molecule has 1 N–H and O–H groups in total. The Bertz CT molecular complexity index is 1080. The van der Waals surface area contributed by atoms with Crippen molar-refractivity contribution in [2.75, 3.05) is 24.6 Å². The van der Waals surface area contributed by atoms with E-state index in [1.54, 1.807) is 4.90 Å². The third-order valence-electron chi connectivity index (χ3n) is 5.34. The van der Waals surface area contributed by atoms with Crippen LogP contribution in [-0.4, -0.2) is 36.5 Å². The number of thiazole rings is 1. The number of fused-ring (bicyclic) bond motifs is 1. The Morgan fingerprint density at radius 2 is 2.13 bits per heavy atom. The van der Waals surface area contributed by atoms with Crippen LogP contribution in [-0.2, 0) is 16.0 Å². The van der Waals surface area contributed by atoms with Gasteiger partial charge in [-0.1, -0.05) is 35.6 Å². The highest BCUT2D eigenvalue weighted by atomic mass is 32.1. The predicted molar refractivity (Wildman–Crippen MR) is 119 cm³/mol. The van der Waals surface area contributed by atoms with E-state index in [0.29, 0.717) is 24.8 Å². The molecule has 0 radical (unpaired) electrons. The number of carbonyl (C=O) groups is 2. The SMILES string of the molecule is CCOc1ccc2nc(N3CC(C(=O)NCCc4ccccc4C)CC3=O)sc2c1. The van der Waals surface area contributed by atoms with Gasteiger partial charge >= 0.3 is 0 Å². The van der Waals surface area contributed by atoms with E-state index in [9.17, 15) is 9.59 Å². The van der Waals surface area contributed by atoms with Crippen molar-refractivity contribution in [3.05, 3.63) is 53.6 Å². The van der Waals surface area contributed by atoms with Gasteiger partial charge in [0.2, 0.25) is 11.8 Å². The van der Waals surface area contributed by atoms with Crippen molar-refractivity contribution in [2.24, 2.45) is 5.92 Å². The van der Waals surface area contributed by atoms with Gasteiger partial charge in [-0.3, -0.25) is 14.5 Å². The molecule has 3 aromatic rings. The summed E-state index contributed by atoms with van der Waals surface area (Å²) in [5, 5.41) is 3.63. The molecule has 0 bridgehead atoms. The average Bonchev–Trinajstić information content (AvgIpc) is 3.32. The molecule has 7 heteroatoms. The first kappa shape index (κ1) is 20.3. The lowest BCUT2D eigenvalue weighted by atomic mass is 10.1. The maximum Gasteiger partial charge on any atom is 0.229 e. The molecular weight excluding hydrogens is 398 g/mol. The van der Waals surface area contributed by atoms with Gasteiger partial charge in [-0.25, -0.2) is 4.98 Å². The van der Waals surface area contributed by atoms with Gasteiger partial charge in [0.05, 0.1) is 22.7 Å². The first-order valence-corrected chi connectivity index (χ1v) is 11.0. The second-order valence-corrected chi connectivity index (χ2v) is 8.44. The molecule has 2 heterocycles. The van der Waals surface area contributed by atoms with Crippen LogP contribution in [0.1, 0.15) is 24.5 Å². The molecular formula is C23H25N3O3S. The zero-order valence-corrected chi connectivity index (χ0v) is 18.0. The Morgan fingerprint density at radius 1 is 1.30 bits per heavy atom. The molecule has 0 saturated carbocycles. The van der Waals surface area contributed by atoms with Crippen LogP contribution in [0.15, 0.2) is 42.5 Å². The Kier molecular flexibility index (Phi) is 5.99. The van der Waals surface area contributed by atoms with Gasteiger partial charge in [0, 0.05) is 19.5 Å². The van der Waals surface area contributed by atoms with Gasteiger partial charge in [0.25, 0.3) is 0 Å². The molecule has 6 nitrogen and oxygen atoms in total. The summed E-state index contributed by atoms with van der Waals surface area (Å²) in [5.74, 6) is 0.316. The lowest BCUT2D eigenvalue weighted by Crippen LogP contribution is -2.34. The van der Waals surface area contributed by atoms with Crippen LogP contribution in [0, 0.1) is 12.8 Å². The minimum Gasteiger partial charge on any atom is -0.494 e. The van der Waals surface area contributed by atoms with E-state index < -0.39 is 0 Å². The standard InChI is InChI=1S/C23H25N3O3S/c1-3-29-18-8-9-19-20(13-18)30-23(25-19)26-14-17(12-21(26)27)22(28)24-11-10-16-7-5-4-6-15(16)2/h4-9,13,17H,3,10-12,14H2,1-2H3,(H,24,28). The normalized spacial score (nSPS) is 16.3. The third-order valence-corrected chi connectivity index (χ3v) is 6.38. The summed E-state index contributed by atoms with van der Waals surface area (Å²) in [7, 11) is 0. The molecule has 1 fully saturated rings. The largest absolute Gasteiger partial charge is 0.494 e. The summed E-state index contributed by atoms with van der Waals surface area (Å²) in [6.07, 6.45) is 0.999. The zero-order chi connectivity index (χ0) is 21.1. The first-order valence-electron chi connectivity index (χ1n) is 10.2. The summed E-state index contributed by atoms with van der Waals surface area (Å²) < 4.78 is 6.51. The molecule has 0 aliphatic carbocycles. The number of amides is 2. The molecule has 30 heavy (non-hydrogen) atoms. The molecule has 156 valence electrons. The van der Waals surface area contributed by atoms with E-state index >= 15 is 0 Å². The van der Waals surface area contributed by atoms with Crippen LogP contribution in [0.3, 0.4) is 0 Å². The lowest BCUT2D eigenvalue weighted by Gasteiger charge is -2.13. The fraction of sp³-hybridized carbons (Fsp3) is 0.348. The highest BCUT2D eigenvalue weighted by Gasteiger charge is 2.36. The van der Waals surface area contributed by atoms with Crippen molar-refractivity contribution in [1.29, 1.82) is 0 Å².